The van der Waals surface area contributed by atoms with Crippen molar-refractivity contribution in [3.63, 3.8) is 0 Å². The standard InChI is InChI=1S/C14H17ClN2O3/c1-14(8-3-2-4-9-14)16-13(18)10-6-5-7-11(12(10)15)17(19)20/h5-7H,2-4,8-9H2,1H3,(H,16,18). The van der Waals surface area contributed by atoms with Gasteiger partial charge in [-0.25, -0.2) is 0 Å². The molecule has 0 spiro atoms. The quantitative estimate of drug-likeness (QED) is 0.683. The lowest BCUT2D eigenvalue weighted by Gasteiger charge is -2.34. The second-order valence-corrected chi connectivity index (χ2v) is 5.85. The van der Waals surface area contributed by atoms with Gasteiger partial charge in [-0.2, -0.15) is 0 Å². The Labute approximate surface area is 122 Å². The minimum Gasteiger partial charge on any atom is -0.347 e. The zero-order valence-corrected chi connectivity index (χ0v) is 12.1. The maximum Gasteiger partial charge on any atom is 0.288 e. The summed E-state index contributed by atoms with van der Waals surface area (Å²) in [5, 5.41) is 13.7. The predicted molar refractivity (Wildman–Crippen MR) is 77.1 cm³/mol. The molecule has 1 aliphatic rings. The molecule has 0 unspecified atom stereocenters. The minimum atomic E-state index is -0.582. The summed E-state index contributed by atoms with van der Waals surface area (Å²) >= 11 is 5.96. The topological polar surface area (TPSA) is 72.2 Å². The van der Waals surface area contributed by atoms with E-state index in [9.17, 15) is 14.9 Å². The smallest absolute Gasteiger partial charge is 0.288 e. The fraction of sp³-hybridized carbons (Fsp3) is 0.500. The van der Waals surface area contributed by atoms with Crippen molar-refractivity contribution in [1.82, 2.24) is 5.32 Å². The summed E-state index contributed by atoms with van der Waals surface area (Å²) in [5.74, 6) is -0.344. The van der Waals surface area contributed by atoms with Gasteiger partial charge in [0.15, 0.2) is 0 Å². The Bertz CT molecular complexity index is 539. The second kappa shape index (κ2) is 5.79. The number of nitro groups is 1. The van der Waals surface area contributed by atoms with Crippen LogP contribution in [0, 0.1) is 10.1 Å². The summed E-state index contributed by atoms with van der Waals surface area (Å²) in [6.07, 6.45) is 5.19. The van der Waals surface area contributed by atoms with Gasteiger partial charge >= 0.3 is 0 Å². The molecule has 1 amide bonds. The number of carbonyl (C=O) groups excluding carboxylic acids is 1. The molecule has 20 heavy (non-hydrogen) atoms. The van der Waals surface area contributed by atoms with Crippen LogP contribution in [0.4, 0.5) is 5.69 Å². The third kappa shape index (κ3) is 3.10. The second-order valence-electron chi connectivity index (χ2n) is 5.47. The molecule has 1 aromatic carbocycles. The highest BCUT2D eigenvalue weighted by atomic mass is 35.5. The SMILES string of the molecule is CC1(NC(=O)c2cccc([N+](=O)[O-])c2Cl)CCCCC1. The van der Waals surface area contributed by atoms with Crippen LogP contribution in [0.5, 0.6) is 0 Å². The average molecular weight is 297 g/mol. The molecule has 1 aromatic rings. The Hall–Kier alpha value is -1.62. The molecule has 0 saturated heterocycles. The molecule has 0 aromatic heterocycles. The number of hydrogen-bond donors (Lipinski definition) is 1. The first kappa shape index (κ1) is 14.8. The van der Waals surface area contributed by atoms with Crippen molar-refractivity contribution >= 4 is 23.2 Å². The number of hydrogen-bond acceptors (Lipinski definition) is 3. The molecule has 0 heterocycles. The fourth-order valence-electron chi connectivity index (χ4n) is 2.63. The normalized spacial score (nSPS) is 17.5. The number of nitro benzene ring substituents is 1. The van der Waals surface area contributed by atoms with Gasteiger partial charge in [-0.1, -0.05) is 36.9 Å². The third-order valence-electron chi connectivity index (χ3n) is 3.79. The van der Waals surface area contributed by atoms with E-state index >= 15 is 0 Å². The summed E-state index contributed by atoms with van der Waals surface area (Å²) < 4.78 is 0. The molecule has 0 radical (unpaired) electrons. The lowest BCUT2D eigenvalue weighted by Crippen LogP contribution is -2.47. The molecular formula is C14H17ClN2O3. The number of carbonyl (C=O) groups is 1. The maximum absolute atomic E-state index is 12.3. The molecule has 108 valence electrons. The third-order valence-corrected chi connectivity index (χ3v) is 4.19. The molecule has 1 fully saturated rings. The molecule has 2 rings (SSSR count). The maximum atomic E-state index is 12.3. The van der Waals surface area contributed by atoms with Crippen molar-refractivity contribution in [2.75, 3.05) is 0 Å². The molecular weight excluding hydrogens is 280 g/mol. The predicted octanol–water partition coefficient (Wildman–Crippen LogP) is 3.70. The van der Waals surface area contributed by atoms with E-state index in [0.717, 1.165) is 25.7 Å². The minimum absolute atomic E-state index is 0.102. The van der Waals surface area contributed by atoms with Crippen molar-refractivity contribution in [2.24, 2.45) is 0 Å². The molecule has 5 nitrogen and oxygen atoms in total. The lowest BCUT2D eigenvalue weighted by molar-refractivity contribution is -0.384. The zero-order chi connectivity index (χ0) is 14.8. The van der Waals surface area contributed by atoms with E-state index in [1.54, 1.807) is 0 Å². The highest BCUT2D eigenvalue weighted by Gasteiger charge is 2.30. The number of benzene rings is 1. The number of amides is 1. The van der Waals surface area contributed by atoms with E-state index < -0.39 is 4.92 Å². The van der Waals surface area contributed by atoms with Crippen LogP contribution in [0.3, 0.4) is 0 Å². The van der Waals surface area contributed by atoms with Crippen molar-refractivity contribution in [3.05, 3.63) is 38.9 Å². The number of nitrogens with zero attached hydrogens (tertiary/aromatic N) is 1. The Morgan fingerprint density at radius 2 is 2.00 bits per heavy atom. The largest absolute Gasteiger partial charge is 0.347 e. The van der Waals surface area contributed by atoms with Crippen molar-refractivity contribution in [1.29, 1.82) is 0 Å². The van der Waals surface area contributed by atoms with Crippen LogP contribution in [0.15, 0.2) is 18.2 Å². The summed E-state index contributed by atoms with van der Waals surface area (Å²) in [6, 6.07) is 4.28. The van der Waals surface area contributed by atoms with Crippen LogP contribution in [-0.4, -0.2) is 16.4 Å². The van der Waals surface area contributed by atoms with Crippen LogP contribution in [0.2, 0.25) is 5.02 Å². The highest BCUT2D eigenvalue weighted by Crippen LogP contribution is 2.30. The molecule has 0 atom stereocenters. The first-order valence-electron chi connectivity index (χ1n) is 6.68. The van der Waals surface area contributed by atoms with Gasteiger partial charge < -0.3 is 5.32 Å². The highest BCUT2D eigenvalue weighted by molar-refractivity contribution is 6.35. The Kier molecular flexibility index (Phi) is 4.28. The first-order valence-corrected chi connectivity index (χ1v) is 7.06. The van der Waals surface area contributed by atoms with Crippen LogP contribution >= 0.6 is 11.6 Å². The van der Waals surface area contributed by atoms with Crippen LogP contribution in [-0.2, 0) is 0 Å². The first-order chi connectivity index (χ1) is 9.43. The molecule has 0 bridgehead atoms. The van der Waals surface area contributed by atoms with Gasteiger partial charge in [-0.15, -0.1) is 0 Å². The van der Waals surface area contributed by atoms with E-state index in [2.05, 4.69) is 5.32 Å². The van der Waals surface area contributed by atoms with E-state index in [4.69, 9.17) is 11.6 Å². The fourth-order valence-corrected chi connectivity index (χ4v) is 2.92. The Morgan fingerprint density at radius 1 is 1.35 bits per heavy atom. The molecule has 1 N–H and O–H groups in total. The summed E-state index contributed by atoms with van der Waals surface area (Å²) in [7, 11) is 0. The molecule has 1 saturated carbocycles. The van der Waals surface area contributed by atoms with E-state index in [1.807, 2.05) is 6.92 Å². The van der Waals surface area contributed by atoms with Gasteiger partial charge in [-0.05, 0) is 25.8 Å². The Morgan fingerprint density at radius 3 is 2.60 bits per heavy atom. The van der Waals surface area contributed by atoms with Gasteiger partial charge in [0, 0.05) is 11.6 Å². The van der Waals surface area contributed by atoms with Gasteiger partial charge in [-0.3, -0.25) is 14.9 Å². The van der Waals surface area contributed by atoms with Crippen LogP contribution in [0.1, 0.15) is 49.4 Å². The van der Waals surface area contributed by atoms with Gasteiger partial charge in [0.1, 0.15) is 5.02 Å². The van der Waals surface area contributed by atoms with E-state index in [0.29, 0.717) is 0 Å². The van der Waals surface area contributed by atoms with Gasteiger partial charge in [0.25, 0.3) is 11.6 Å². The lowest BCUT2D eigenvalue weighted by atomic mass is 9.83. The molecule has 6 heteroatoms. The van der Waals surface area contributed by atoms with Crippen LogP contribution in [0.25, 0.3) is 0 Å². The summed E-state index contributed by atoms with van der Waals surface area (Å²) in [6.45, 7) is 2.01. The van der Waals surface area contributed by atoms with E-state index in [-0.39, 0.29) is 27.7 Å². The Balaban J connectivity index is 2.21. The molecule has 1 aliphatic carbocycles. The van der Waals surface area contributed by atoms with E-state index in [1.165, 1.54) is 24.6 Å². The number of halogens is 1. The van der Waals surface area contributed by atoms with Crippen molar-refractivity contribution in [2.45, 2.75) is 44.6 Å². The molecule has 0 aliphatic heterocycles. The van der Waals surface area contributed by atoms with Crippen molar-refractivity contribution < 1.29 is 9.72 Å². The van der Waals surface area contributed by atoms with Crippen LogP contribution < -0.4 is 5.32 Å². The summed E-state index contributed by atoms with van der Waals surface area (Å²) in [5.41, 5.74) is -0.329. The van der Waals surface area contributed by atoms with Gasteiger partial charge in [0.2, 0.25) is 0 Å². The summed E-state index contributed by atoms with van der Waals surface area (Å²) in [4.78, 5) is 22.6. The zero-order valence-electron chi connectivity index (χ0n) is 11.3. The van der Waals surface area contributed by atoms with Crippen molar-refractivity contribution in [3.8, 4) is 0 Å². The van der Waals surface area contributed by atoms with Gasteiger partial charge in [0.05, 0.1) is 10.5 Å². The number of nitrogens with one attached hydrogen (secondary N) is 1. The monoisotopic (exact) mass is 296 g/mol. The number of rotatable bonds is 3. The average Bonchev–Trinajstić information content (AvgIpc) is 2.38.